The molecule has 7 heteroatoms. The van der Waals surface area contributed by atoms with Gasteiger partial charge in [0.05, 0.1) is 19.8 Å². The Morgan fingerprint density at radius 2 is 2.16 bits per heavy atom. The van der Waals surface area contributed by atoms with Gasteiger partial charge >= 0.3 is 6.01 Å². The minimum absolute atomic E-state index is 0.336. The summed E-state index contributed by atoms with van der Waals surface area (Å²) in [4.78, 5) is 14.9. The minimum Gasteiger partial charge on any atom is -0.463 e. The standard InChI is InChI=1S/C12H19N5O2/c1-3-4-7-19-12-15-10(13-2)14-11(16-12)17-5-8-18-9-6-17/h3H,1,4-9H2,2H3,(H,13,14,15,16). The Kier molecular flexibility index (Phi) is 4.91. The Labute approximate surface area is 112 Å². The van der Waals surface area contributed by atoms with Crippen LogP contribution in [0.25, 0.3) is 0 Å². The Morgan fingerprint density at radius 3 is 2.84 bits per heavy atom. The van der Waals surface area contributed by atoms with Crippen LogP contribution >= 0.6 is 0 Å². The van der Waals surface area contributed by atoms with E-state index in [9.17, 15) is 0 Å². The Bertz CT molecular complexity index is 421. The number of nitrogens with one attached hydrogen (secondary N) is 1. The first-order valence-electron chi connectivity index (χ1n) is 6.33. The maximum Gasteiger partial charge on any atom is 0.323 e. The van der Waals surface area contributed by atoms with Gasteiger partial charge in [-0.1, -0.05) is 6.08 Å². The number of hydrogen-bond donors (Lipinski definition) is 1. The number of anilines is 2. The van der Waals surface area contributed by atoms with Gasteiger partial charge in [-0.2, -0.15) is 15.0 Å². The maximum absolute atomic E-state index is 5.49. The topological polar surface area (TPSA) is 72.4 Å². The molecule has 7 nitrogen and oxygen atoms in total. The molecule has 2 rings (SSSR count). The smallest absolute Gasteiger partial charge is 0.323 e. The van der Waals surface area contributed by atoms with Gasteiger partial charge in [0.2, 0.25) is 11.9 Å². The molecule has 0 saturated carbocycles. The predicted octanol–water partition coefficient (Wildman–Crippen LogP) is 0.705. The molecule has 1 fully saturated rings. The summed E-state index contributed by atoms with van der Waals surface area (Å²) in [6, 6.07) is 0.336. The summed E-state index contributed by atoms with van der Waals surface area (Å²) < 4.78 is 10.8. The number of nitrogens with zero attached hydrogens (tertiary/aromatic N) is 4. The number of ether oxygens (including phenoxy) is 2. The highest BCUT2D eigenvalue weighted by atomic mass is 16.5. The van der Waals surface area contributed by atoms with Gasteiger partial charge in [-0.25, -0.2) is 0 Å². The molecule has 0 bridgehead atoms. The highest BCUT2D eigenvalue weighted by molar-refractivity contribution is 5.38. The average molecular weight is 265 g/mol. The third-order valence-electron chi connectivity index (χ3n) is 2.67. The number of aromatic nitrogens is 3. The zero-order valence-electron chi connectivity index (χ0n) is 11.1. The highest BCUT2D eigenvalue weighted by Crippen LogP contribution is 2.16. The van der Waals surface area contributed by atoms with Crippen LogP contribution in [0.2, 0.25) is 0 Å². The fourth-order valence-electron chi connectivity index (χ4n) is 1.66. The molecule has 1 saturated heterocycles. The van der Waals surface area contributed by atoms with Crippen LogP contribution in [-0.2, 0) is 4.74 Å². The van der Waals surface area contributed by atoms with Crippen molar-refractivity contribution in [2.45, 2.75) is 6.42 Å². The van der Waals surface area contributed by atoms with Gasteiger partial charge in [0.15, 0.2) is 0 Å². The molecule has 0 aromatic carbocycles. The van der Waals surface area contributed by atoms with Gasteiger partial charge in [0.25, 0.3) is 0 Å². The van der Waals surface area contributed by atoms with Crippen molar-refractivity contribution in [3.8, 4) is 6.01 Å². The van der Waals surface area contributed by atoms with Crippen molar-refractivity contribution in [1.29, 1.82) is 0 Å². The summed E-state index contributed by atoms with van der Waals surface area (Å²) in [7, 11) is 1.77. The van der Waals surface area contributed by atoms with Gasteiger partial charge in [0.1, 0.15) is 0 Å². The largest absolute Gasteiger partial charge is 0.463 e. The van der Waals surface area contributed by atoms with Gasteiger partial charge < -0.3 is 19.7 Å². The molecular weight excluding hydrogens is 246 g/mol. The lowest BCUT2D eigenvalue weighted by Gasteiger charge is -2.26. The molecule has 1 N–H and O–H groups in total. The molecule has 0 radical (unpaired) electrons. The average Bonchev–Trinajstić information content (AvgIpc) is 2.48. The van der Waals surface area contributed by atoms with E-state index >= 15 is 0 Å². The van der Waals surface area contributed by atoms with Crippen molar-refractivity contribution in [3.63, 3.8) is 0 Å². The second-order valence-electron chi connectivity index (χ2n) is 4.02. The molecule has 2 heterocycles. The molecule has 1 aliphatic rings. The molecule has 0 amide bonds. The Hall–Kier alpha value is -1.89. The van der Waals surface area contributed by atoms with Crippen LogP contribution in [0.3, 0.4) is 0 Å². The second kappa shape index (κ2) is 6.89. The van der Waals surface area contributed by atoms with Crippen LogP contribution < -0.4 is 15.0 Å². The van der Waals surface area contributed by atoms with Crippen LogP contribution in [0.1, 0.15) is 6.42 Å². The van der Waals surface area contributed by atoms with Crippen LogP contribution in [0.4, 0.5) is 11.9 Å². The minimum atomic E-state index is 0.336. The molecule has 104 valence electrons. The third-order valence-corrected chi connectivity index (χ3v) is 2.67. The van der Waals surface area contributed by atoms with Gasteiger partial charge in [-0.3, -0.25) is 0 Å². The van der Waals surface area contributed by atoms with Crippen molar-refractivity contribution >= 4 is 11.9 Å². The summed E-state index contributed by atoms with van der Waals surface area (Å²) in [5.41, 5.74) is 0. The summed E-state index contributed by atoms with van der Waals surface area (Å²) in [6.07, 6.45) is 2.55. The normalized spacial score (nSPS) is 15.1. The van der Waals surface area contributed by atoms with Crippen LogP contribution in [-0.4, -0.2) is 54.9 Å². The molecule has 1 aliphatic heterocycles. The lowest BCUT2D eigenvalue weighted by Crippen LogP contribution is -2.37. The summed E-state index contributed by atoms with van der Waals surface area (Å²) >= 11 is 0. The summed E-state index contributed by atoms with van der Waals surface area (Å²) in [5, 5.41) is 2.92. The third kappa shape index (κ3) is 3.78. The lowest BCUT2D eigenvalue weighted by atomic mass is 10.4. The predicted molar refractivity (Wildman–Crippen MR) is 72.7 cm³/mol. The van der Waals surface area contributed by atoms with Crippen LogP contribution in [0.15, 0.2) is 12.7 Å². The van der Waals surface area contributed by atoms with Crippen LogP contribution in [0.5, 0.6) is 6.01 Å². The van der Waals surface area contributed by atoms with E-state index in [1.165, 1.54) is 0 Å². The lowest BCUT2D eigenvalue weighted by molar-refractivity contribution is 0.122. The monoisotopic (exact) mass is 265 g/mol. The zero-order valence-corrected chi connectivity index (χ0v) is 11.1. The Balaban J connectivity index is 2.12. The quantitative estimate of drug-likeness (QED) is 0.599. The SMILES string of the molecule is C=CCCOc1nc(NC)nc(N2CCOCC2)n1. The van der Waals surface area contributed by atoms with Crippen molar-refractivity contribution in [2.75, 3.05) is 50.2 Å². The zero-order chi connectivity index (χ0) is 13.5. The Morgan fingerprint density at radius 1 is 1.37 bits per heavy atom. The van der Waals surface area contributed by atoms with E-state index in [1.807, 2.05) is 0 Å². The van der Waals surface area contributed by atoms with Gasteiger partial charge in [-0.15, -0.1) is 6.58 Å². The van der Waals surface area contributed by atoms with Crippen molar-refractivity contribution < 1.29 is 9.47 Å². The van der Waals surface area contributed by atoms with E-state index in [2.05, 4.69) is 31.7 Å². The molecular formula is C12H19N5O2. The van der Waals surface area contributed by atoms with E-state index in [-0.39, 0.29) is 0 Å². The summed E-state index contributed by atoms with van der Waals surface area (Å²) in [5.74, 6) is 1.13. The van der Waals surface area contributed by atoms with E-state index in [1.54, 1.807) is 13.1 Å². The first-order valence-corrected chi connectivity index (χ1v) is 6.33. The molecule has 0 spiro atoms. The molecule has 0 atom stereocenters. The molecule has 1 aromatic rings. The highest BCUT2D eigenvalue weighted by Gasteiger charge is 2.16. The number of rotatable bonds is 6. The van der Waals surface area contributed by atoms with E-state index in [4.69, 9.17) is 9.47 Å². The second-order valence-corrected chi connectivity index (χ2v) is 4.02. The molecule has 0 aliphatic carbocycles. The van der Waals surface area contributed by atoms with Gasteiger partial charge in [-0.05, 0) is 6.42 Å². The van der Waals surface area contributed by atoms with Crippen molar-refractivity contribution in [3.05, 3.63) is 12.7 Å². The molecule has 19 heavy (non-hydrogen) atoms. The fraction of sp³-hybridized carbons (Fsp3) is 0.583. The van der Waals surface area contributed by atoms with Crippen LogP contribution in [0, 0.1) is 0 Å². The first-order chi connectivity index (χ1) is 9.33. The van der Waals surface area contributed by atoms with Crippen molar-refractivity contribution in [1.82, 2.24) is 15.0 Å². The van der Waals surface area contributed by atoms with Crippen molar-refractivity contribution in [2.24, 2.45) is 0 Å². The summed E-state index contributed by atoms with van der Waals surface area (Å²) in [6.45, 7) is 7.09. The number of morpholine rings is 1. The number of hydrogen-bond acceptors (Lipinski definition) is 7. The van der Waals surface area contributed by atoms with E-state index < -0.39 is 0 Å². The molecule has 1 aromatic heterocycles. The maximum atomic E-state index is 5.49. The van der Waals surface area contributed by atoms with E-state index in [0.717, 1.165) is 19.5 Å². The fourth-order valence-corrected chi connectivity index (χ4v) is 1.66. The van der Waals surface area contributed by atoms with Gasteiger partial charge in [0, 0.05) is 20.1 Å². The first kappa shape index (κ1) is 13.5. The van der Waals surface area contributed by atoms with E-state index in [0.29, 0.717) is 37.7 Å². The molecule has 0 unspecified atom stereocenters.